The summed E-state index contributed by atoms with van der Waals surface area (Å²) in [6, 6.07) is 10.2. The molecule has 2 amide bonds. The number of halogens is 1. The van der Waals surface area contributed by atoms with E-state index >= 15 is 0 Å². The molecule has 0 fully saturated rings. The van der Waals surface area contributed by atoms with Gasteiger partial charge in [-0.05, 0) is 62.1 Å². The minimum atomic E-state index is -0.737. The van der Waals surface area contributed by atoms with Crippen molar-refractivity contribution in [3.05, 3.63) is 59.5 Å². The zero-order valence-electron chi connectivity index (χ0n) is 17.7. The summed E-state index contributed by atoms with van der Waals surface area (Å²) in [6.07, 6.45) is 0.761. The number of amides is 2. The average molecular weight is 422 g/mol. The highest BCUT2D eigenvalue weighted by Crippen LogP contribution is 2.30. The molecule has 0 spiro atoms. The zero-order valence-corrected chi connectivity index (χ0v) is 17.7. The van der Waals surface area contributed by atoms with Crippen LogP contribution in [0.1, 0.15) is 36.7 Å². The molecule has 7 nitrogen and oxygen atoms in total. The van der Waals surface area contributed by atoms with Crippen molar-refractivity contribution in [3.63, 3.8) is 0 Å². The molecule has 3 aromatic rings. The Morgan fingerprint density at radius 3 is 2.71 bits per heavy atom. The van der Waals surface area contributed by atoms with E-state index in [9.17, 15) is 14.0 Å². The number of aromatic nitrogens is 1. The van der Waals surface area contributed by atoms with Crippen LogP contribution in [0.2, 0.25) is 0 Å². The quantitative estimate of drug-likeness (QED) is 0.617. The van der Waals surface area contributed by atoms with E-state index in [-0.39, 0.29) is 11.6 Å². The summed E-state index contributed by atoms with van der Waals surface area (Å²) < 4.78 is 19.6. The van der Waals surface area contributed by atoms with E-state index in [0.29, 0.717) is 28.7 Å². The standard InChI is InChI=1S/C23H23FN4O3/c1-23(2,3)31-22(30)27-20-17-11-25-19(10-13(17)5-8-18(20)24)26-15-6-7-16-14(9-15)12-28(4)21(16)29/h5-11H,12H2,1-4H3,(H,25,26)(H,27,30). The van der Waals surface area contributed by atoms with Crippen LogP contribution in [-0.2, 0) is 11.3 Å². The van der Waals surface area contributed by atoms with Gasteiger partial charge in [0.15, 0.2) is 0 Å². The lowest BCUT2D eigenvalue weighted by Crippen LogP contribution is -2.27. The molecule has 0 bridgehead atoms. The Kier molecular flexibility index (Phi) is 5.00. The number of anilines is 3. The number of pyridine rings is 1. The first-order valence-corrected chi connectivity index (χ1v) is 9.84. The predicted octanol–water partition coefficient (Wildman–Crippen LogP) is 5.05. The smallest absolute Gasteiger partial charge is 0.412 e. The maximum Gasteiger partial charge on any atom is 0.412 e. The Hall–Kier alpha value is -3.68. The van der Waals surface area contributed by atoms with E-state index in [0.717, 1.165) is 11.3 Å². The molecule has 1 aliphatic rings. The molecule has 1 aliphatic heterocycles. The van der Waals surface area contributed by atoms with Crippen molar-refractivity contribution < 1.29 is 18.7 Å². The number of ether oxygens (including phenoxy) is 1. The molecule has 0 atom stereocenters. The molecular weight excluding hydrogens is 399 g/mol. The molecule has 160 valence electrons. The van der Waals surface area contributed by atoms with Crippen LogP contribution in [0.25, 0.3) is 10.8 Å². The first kappa shape index (κ1) is 20.6. The van der Waals surface area contributed by atoms with E-state index in [1.165, 1.54) is 12.3 Å². The van der Waals surface area contributed by atoms with Crippen molar-refractivity contribution in [2.45, 2.75) is 32.9 Å². The van der Waals surface area contributed by atoms with Gasteiger partial charge in [0, 0.05) is 36.4 Å². The predicted molar refractivity (Wildman–Crippen MR) is 117 cm³/mol. The SMILES string of the molecule is CN1Cc2cc(Nc3cc4ccc(F)c(NC(=O)OC(C)(C)C)c4cn3)ccc2C1=O. The molecule has 0 saturated carbocycles. The van der Waals surface area contributed by atoms with Gasteiger partial charge in [0.2, 0.25) is 0 Å². The van der Waals surface area contributed by atoms with Gasteiger partial charge in [-0.3, -0.25) is 10.1 Å². The highest BCUT2D eigenvalue weighted by Gasteiger charge is 2.24. The van der Waals surface area contributed by atoms with Gasteiger partial charge in [-0.1, -0.05) is 6.07 Å². The van der Waals surface area contributed by atoms with Crippen LogP contribution in [0, 0.1) is 5.82 Å². The monoisotopic (exact) mass is 422 g/mol. The highest BCUT2D eigenvalue weighted by molar-refractivity contribution is 6.01. The molecule has 0 unspecified atom stereocenters. The maximum atomic E-state index is 14.4. The first-order valence-electron chi connectivity index (χ1n) is 9.84. The number of hydrogen-bond acceptors (Lipinski definition) is 5. The van der Waals surface area contributed by atoms with E-state index in [2.05, 4.69) is 15.6 Å². The molecule has 2 aromatic carbocycles. The molecular formula is C23H23FN4O3. The van der Waals surface area contributed by atoms with Gasteiger partial charge in [0.25, 0.3) is 5.91 Å². The van der Waals surface area contributed by atoms with Crippen molar-refractivity contribution in [2.24, 2.45) is 0 Å². The molecule has 2 N–H and O–H groups in total. The van der Waals surface area contributed by atoms with Crippen LogP contribution >= 0.6 is 0 Å². The van der Waals surface area contributed by atoms with Crippen LogP contribution in [0.4, 0.5) is 26.4 Å². The van der Waals surface area contributed by atoms with E-state index in [1.807, 2.05) is 12.1 Å². The Morgan fingerprint density at radius 2 is 1.97 bits per heavy atom. The minimum Gasteiger partial charge on any atom is -0.444 e. The molecule has 0 radical (unpaired) electrons. The van der Waals surface area contributed by atoms with E-state index in [4.69, 9.17) is 4.74 Å². The number of carbonyl (C=O) groups excluding carboxylic acids is 2. The average Bonchev–Trinajstić information content (AvgIpc) is 2.96. The fourth-order valence-corrected chi connectivity index (χ4v) is 3.49. The van der Waals surface area contributed by atoms with Crippen LogP contribution in [-0.4, -0.2) is 34.5 Å². The number of fused-ring (bicyclic) bond motifs is 2. The third-order valence-corrected chi connectivity index (χ3v) is 4.84. The molecule has 4 rings (SSSR count). The lowest BCUT2D eigenvalue weighted by molar-refractivity contribution is 0.0635. The van der Waals surface area contributed by atoms with Crippen molar-refractivity contribution in [1.82, 2.24) is 9.88 Å². The molecule has 1 aromatic heterocycles. The molecule has 8 heteroatoms. The fourth-order valence-electron chi connectivity index (χ4n) is 3.49. The summed E-state index contributed by atoms with van der Waals surface area (Å²) in [5.74, 6) is -0.00865. The van der Waals surface area contributed by atoms with Crippen molar-refractivity contribution >= 4 is 40.0 Å². The Labute approximate surface area is 179 Å². The first-order chi connectivity index (χ1) is 14.6. The summed E-state index contributed by atoms with van der Waals surface area (Å²) >= 11 is 0. The third kappa shape index (κ3) is 4.28. The van der Waals surface area contributed by atoms with Gasteiger partial charge < -0.3 is 15.0 Å². The summed E-state index contributed by atoms with van der Waals surface area (Å²) in [4.78, 5) is 30.2. The zero-order chi connectivity index (χ0) is 22.3. The van der Waals surface area contributed by atoms with Gasteiger partial charge in [0.1, 0.15) is 17.2 Å². The van der Waals surface area contributed by atoms with Gasteiger partial charge in [0.05, 0.1) is 5.69 Å². The molecule has 2 heterocycles. The van der Waals surface area contributed by atoms with Crippen LogP contribution < -0.4 is 10.6 Å². The van der Waals surface area contributed by atoms with Gasteiger partial charge in [-0.2, -0.15) is 0 Å². The lowest BCUT2D eigenvalue weighted by atomic mass is 10.1. The highest BCUT2D eigenvalue weighted by atomic mass is 19.1. The maximum absolute atomic E-state index is 14.4. The summed E-state index contributed by atoms with van der Waals surface area (Å²) in [7, 11) is 1.77. The Morgan fingerprint density at radius 1 is 1.19 bits per heavy atom. The van der Waals surface area contributed by atoms with Gasteiger partial charge >= 0.3 is 6.09 Å². The van der Waals surface area contributed by atoms with E-state index in [1.54, 1.807) is 50.9 Å². The largest absolute Gasteiger partial charge is 0.444 e. The second-order valence-corrected chi connectivity index (χ2v) is 8.50. The number of nitrogens with one attached hydrogen (secondary N) is 2. The topological polar surface area (TPSA) is 83.6 Å². The van der Waals surface area contributed by atoms with E-state index < -0.39 is 17.5 Å². The molecule has 0 aliphatic carbocycles. The molecule has 0 saturated heterocycles. The van der Waals surface area contributed by atoms with Crippen molar-refractivity contribution in [3.8, 4) is 0 Å². The van der Waals surface area contributed by atoms with Gasteiger partial charge in [-0.15, -0.1) is 0 Å². The number of nitrogens with zero attached hydrogens (tertiary/aromatic N) is 2. The summed E-state index contributed by atoms with van der Waals surface area (Å²) in [5, 5.41) is 6.85. The van der Waals surface area contributed by atoms with Crippen LogP contribution in [0.15, 0.2) is 42.6 Å². The normalized spacial score (nSPS) is 13.3. The minimum absolute atomic E-state index is 0.0115. The Bertz CT molecular complexity index is 1200. The fraction of sp³-hybridized carbons (Fsp3) is 0.261. The van der Waals surface area contributed by atoms with Crippen LogP contribution in [0.5, 0.6) is 0 Å². The van der Waals surface area contributed by atoms with Gasteiger partial charge in [-0.25, -0.2) is 14.2 Å². The second-order valence-electron chi connectivity index (χ2n) is 8.50. The van der Waals surface area contributed by atoms with Crippen molar-refractivity contribution in [1.29, 1.82) is 0 Å². The summed E-state index contributed by atoms with van der Waals surface area (Å²) in [6.45, 7) is 5.77. The number of carbonyl (C=O) groups is 2. The van der Waals surface area contributed by atoms with Crippen LogP contribution in [0.3, 0.4) is 0 Å². The number of benzene rings is 2. The third-order valence-electron chi connectivity index (χ3n) is 4.84. The molecule has 31 heavy (non-hydrogen) atoms. The lowest BCUT2D eigenvalue weighted by Gasteiger charge is -2.20. The number of hydrogen-bond donors (Lipinski definition) is 2. The number of rotatable bonds is 3. The second kappa shape index (κ2) is 7.54. The Balaban J connectivity index is 1.59. The van der Waals surface area contributed by atoms with Crippen molar-refractivity contribution in [2.75, 3.05) is 17.7 Å². The summed E-state index contributed by atoms with van der Waals surface area (Å²) in [5.41, 5.74) is 1.76.